The number of pyridine rings is 2. The summed E-state index contributed by atoms with van der Waals surface area (Å²) < 4.78 is 1.98. The fourth-order valence-corrected chi connectivity index (χ4v) is 3.75. The maximum atomic E-state index is 12.7. The number of rotatable bonds is 6. The third-order valence-electron chi connectivity index (χ3n) is 5.54. The molecule has 0 aliphatic heterocycles. The predicted molar refractivity (Wildman–Crippen MR) is 133 cm³/mol. The number of hydrogen-bond acceptors (Lipinski definition) is 7. The Morgan fingerprint density at radius 3 is 2.68 bits per heavy atom. The van der Waals surface area contributed by atoms with Gasteiger partial charge in [-0.05, 0) is 48.4 Å². The normalized spacial score (nSPS) is 11.0. The van der Waals surface area contributed by atoms with Crippen LogP contribution in [-0.4, -0.2) is 30.3 Å². The van der Waals surface area contributed by atoms with Gasteiger partial charge < -0.3 is 15.6 Å². The van der Waals surface area contributed by atoms with E-state index in [4.69, 9.17) is 15.7 Å². The number of nitrogens with one attached hydrogen (secondary N) is 1. The zero-order chi connectivity index (χ0) is 23.7. The second-order valence-electron chi connectivity index (χ2n) is 8.17. The van der Waals surface area contributed by atoms with E-state index in [1.165, 1.54) is 6.20 Å². The van der Waals surface area contributed by atoms with Gasteiger partial charge >= 0.3 is 0 Å². The van der Waals surface area contributed by atoms with E-state index in [9.17, 15) is 4.79 Å². The van der Waals surface area contributed by atoms with Gasteiger partial charge in [-0.1, -0.05) is 24.3 Å². The molecule has 34 heavy (non-hydrogen) atoms. The van der Waals surface area contributed by atoms with Gasteiger partial charge in [-0.2, -0.15) is 0 Å². The Labute approximate surface area is 196 Å². The number of carbonyl (C=O) groups excluding carboxylic acids is 1. The van der Waals surface area contributed by atoms with Crippen LogP contribution in [0.25, 0.3) is 22.4 Å². The summed E-state index contributed by atoms with van der Waals surface area (Å²) in [7, 11) is 1.96. The zero-order valence-electron chi connectivity index (χ0n) is 18.9. The molecule has 0 spiro atoms. The van der Waals surface area contributed by atoms with Crippen molar-refractivity contribution in [2.75, 3.05) is 11.1 Å². The summed E-state index contributed by atoms with van der Waals surface area (Å²) in [5, 5.41) is 3.33. The Kier molecular flexibility index (Phi) is 5.47. The van der Waals surface area contributed by atoms with E-state index in [1.54, 1.807) is 12.1 Å². The highest BCUT2D eigenvalue weighted by Gasteiger charge is 2.14. The molecule has 0 atom stereocenters. The molecule has 0 amide bonds. The SMILES string of the molecule is Cc1ccc(Nc2nc(-c3cccc(CC(=O)c4ccc(N)nc4)c3)nc3ccn(C)c23)nc1. The summed E-state index contributed by atoms with van der Waals surface area (Å²) in [5.74, 6) is 2.29. The molecular weight excluding hydrogens is 426 g/mol. The molecule has 3 N–H and O–H groups in total. The van der Waals surface area contributed by atoms with Gasteiger partial charge in [0.2, 0.25) is 0 Å². The Balaban J connectivity index is 1.48. The number of Topliss-reactive ketones (excluding diaryl/α,β-unsaturated/α-hetero) is 1. The first kappa shape index (κ1) is 21.3. The van der Waals surface area contributed by atoms with Crippen LogP contribution in [0.1, 0.15) is 21.5 Å². The number of anilines is 3. The van der Waals surface area contributed by atoms with Crippen molar-refractivity contribution in [3.63, 3.8) is 0 Å². The van der Waals surface area contributed by atoms with Crippen LogP contribution in [0, 0.1) is 6.92 Å². The highest BCUT2D eigenvalue weighted by molar-refractivity contribution is 5.97. The predicted octanol–water partition coefficient (Wildman–Crippen LogP) is 4.48. The van der Waals surface area contributed by atoms with E-state index in [1.807, 2.05) is 73.4 Å². The van der Waals surface area contributed by atoms with Crippen LogP contribution in [0.4, 0.5) is 17.5 Å². The number of hydrogen-bond donors (Lipinski definition) is 2. The molecule has 1 aromatic carbocycles. The average molecular weight is 450 g/mol. The zero-order valence-corrected chi connectivity index (χ0v) is 18.9. The highest BCUT2D eigenvalue weighted by atomic mass is 16.1. The summed E-state index contributed by atoms with van der Waals surface area (Å²) in [6.07, 6.45) is 5.51. The summed E-state index contributed by atoms with van der Waals surface area (Å²) in [6, 6.07) is 16.9. The number of fused-ring (bicyclic) bond motifs is 1. The van der Waals surface area contributed by atoms with Crippen LogP contribution < -0.4 is 11.1 Å². The van der Waals surface area contributed by atoms with E-state index in [0.717, 1.165) is 27.7 Å². The minimum Gasteiger partial charge on any atom is -0.384 e. The fraction of sp³-hybridized carbons (Fsp3) is 0.115. The largest absolute Gasteiger partial charge is 0.384 e. The number of nitrogen functional groups attached to an aromatic ring is 1. The lowest BCUT2D eigenvalue weighted by Crippen LogP contribution is -2.05. The summed E-state index contributed by atoms with van der Waals surface area (Å²) >= 11 is 0. The lowest BCUT2D eigenvalue weighted by molar-refractivity contribution is 0.0992. The molecule has 0 radical (unpaired) electrons. The number of aromatic nitrogens is 5. The van der Waals surface area contributed by atoms with Gasteiger partial charge in [-0.3, -0.25) is 4.79 Å². The van der Waals surface area contributed by atoms with Gasteiger partial charge in [0.25, 0.3) is 0 Å². The molecule has 0 aliphatic carbocycles. The van der Waals surface area contributed by atoms with Crippen molar-refractivity contribution in [1.82, 2.24) is 24.5 Å². The van der Waals surface area contributed by atoms with E-state index in [-0.39, 0.29) is 12.2 Å². The molecule has 168 valence electrons. The van der Waals surface area contributed by atoms with Gasteiger partial charge in [-0.15, -0.1) is 0 Å². The van der Waals surface area contributed by atoms with Crippen molar-refractivity contribution >= 4 is 34.3 Å². The maximum Gasteiger partial charge on any atom is 0.168 e. The lowest BCUT2D eigenvalue weighted by atomic mass is 10.0. The molecule has 5 rings (SSSR count). The first-order chi connectivity index (χ1) is 16.5. The standard InChI is InChI=1S/C26H23N7O/c1-16-6-9-23(29-14-16)31-26-24-20(10-11-33(24)2)30-25(32-26)18-5-3-4-17(12-18)13-21(34)19-7-8-22(27)28-15-19/h3-12,14-15H,13H2,1-2H3,(H2,27,28)(H,29,30,31,32). The Bertz CT molecular complexity index is 1490. The topological polar surface area (TPSA) is 112 Å². The van der Waals surface area contributed by atoms with Gasteiger partial charge in [0.1, 0.15) is 17.2 Å². The smallest absolute Gasteiger partial charge is 0.168 e. The second kappa shape index (κ2) is 8.74. The number of carbonyl (C=O) groups is 1. The van der Waals surface area contributed by atoms with Crippen molar-refractivity contribution < 1.29 is 4.79 Å². The third kappa shape index (κ3) is 4.33. The van der Waals surface area contributed by atoms with Crippen LogP contribution in [0.5, 0.6) is 0 Å². The average Bonchev–Trinajstić information content (AvgIpc) is 3.22. The van der Waals surface area contributed by atoms with Crippen molar-refractivity contribution in [2.24, 2.45) is 7.05 Å². The second-order valence-corrected chi connectivity index (χ2v) is 8.17. The maximum absolute atomic E-state index is 12.7. The molecule has 0 aliphatic rings. The van der Waals surface area contributed by atoms with Crippen molar-refractivity contribution in [3.05, 3.63) is 89.9 Å². The van der Waals surface area contributed by atoms with E-state index >= 15 is 0 Å². The molecule has 0 fully saturated rings. The molecule has 0 saturated heterocycles. The van der Waals surface area contributed by atoms with Gasteiger partial charge in [0.15, 0.2) is 17.4 Å². The Morgan fingerprint density at radius 1 is 1.03 bits per heavy atom. The third-order valence-corrected chi connectivity index (χ3v) is 5.54. The monoisotopic (exact) mass is 449 g/mol. The molecule has 8 nitrogen and oxygen atoms in total. The van der Waals surface area contributed by atoms with E-state index < -0.39 is 0 Å². The van der Waals surface area contributed by atoms with Gasteiger partial charge in [0, 0.05) is 43.2 Å². The van der Waals surface area contributed by atoms with E-state index in [2.05, 4.69) is 15.3 Å². The number of ketones is 1. The number of aryl methyl sites for hydroxylation is 2. The molecule has 5 aromatic rings. The molecule has 0 bridgehead atoms. The van der Waals surface area contributed by atoms with Crippen LogP contribution in [0.2, 0.25) is 0 Å². The molecule has 8 heteroatoms. The number of nitrogens with zero attached hydrogens (tertiary/aromatic N) is 5. The molecule has 0 saturated carbocycles. The van der Waals surface area contributed by atoms with Crippen LogP contribution >= 0.6 is 0 Å². The molecular formula is C26H23N7O. The van der Waals surface area contributed by atoms with Crippen molar-refractivity contribution in [3.8, 4) is 11.4 Å². The minimum absolute atomic E-state index is 0.0307. The Morgan fingerprint density at radius 2 is 1.91 bits per heavy atom. The number of benzene rings is 1. The van der Waals surface area contributed by atoms with Crippen molar-refractivity contribution in [1.29, 1.82) is 0 Å². The molecule has 4 heterocycles. The van der Waals surface area contributed by atoms with Crippen molar-refractivity contribution in [2.45, 2.75) is 13.3 Å². The summed E-state index contributed by atoms with van der Waals surface area (Å²) in [6.45, 7) is 2.00. The number of nitrogens with two attached hydrogens (primary N) is 1. The lowest BCUT2D eigenvalue weighted by Gasteiger charge is -2.11. The Hall–Kier alpha value is -4.59. The van der Waals surface area contributed by atoms with Crippen LogP contribution in [0.3, 0.4) is 0 Å². The van der Waals surface area contributed by atoms with E-state index in [0.29, 0.717) is 28.8 Å². The quantitative estimate of drug-likeness (QED) is 0.368. The molecule has 0 unspecified atom stereocenters. The summed E-state index contributed by atoms with van der Waals surface area (Å²) in [5.41, 5.74) is 10.6. The van der Waals surface area contributed by atoms with Crippen LogP contribution in [0.15, 0.2) is 73.2 Å². The molecule has 4 aromatic heterocycles. The van der Waals surface area contributed by atoms with Gasteiger partial charge in [0.05, 0.1) is 5.52 Å². The first-order valence-corrected chi connectivity index (χ1v) is 10.8. The minimum atomic E-state index is -0.0307. The fourth-order valence-electron chi connectivity index (χ4n) is 3.75. The highest BCUT2D eigenvalue weighted by Crippen LogP contribution is 2.28. The van der Waals surface area contributed by atoms with Crippen LogP contribution in [-0.2, 0) is 13.5 Å². The summed E-state index contributed by atoms with van der Waals surface area (Å²) in [4.78, 5) is 30.7. The first-order valence-electron chi connectivity index (χ1n) is 10.8. The van der Waals surface area contributed by atoms with Gasteiger partial charge in [-0.25, -0.2) is 19.9 Å².